The first-order valence-corrected chi connectivity index (χ1v) is 18.8. The van der Waals surface area contributed by atoms with E-state index in [4.69, 9.17) is 18.6 Å². The summed E-state index contributed by atoms with van der Waals surface area (Å²) in [5.41, 5.74) is 0.329. The number of carbonyl (C=O) groups excluding carboxylic acids is 4. The molecule has 0 fully saturated rings. The van der Waals surface area contributed by atoms with Crippen molar-refractivity contribution in [1.29, 1.82) is 0 Å². The average molecular weight is 832 g/mol. The summed E-state index contributed by atoms with van der Waals surface area (Å²) >= 11 is 0. The van der Waals surface area contributed by atoms with Crippen LogP contribution in [-0.2, 0) is 41.1 Å². The van der Waals surface area contributed by atoms with Crippen LogP contribution < -0.4 is 10.6 Å². The van der Waals surface area contributed by atoms with Gasteiger partial charge in [0.25, 0.3) is 0 Å². The predicted molar refractivity (Wildman–Crippen MR) is 216 cm³/mol. The number of benzene rings is 4. The van der Waals surface area contributed by atoms with E-state index in [0.717, 1.165) is 22.4 Å². The number of ether oxygens (including phenoxy) is 3. The van der Waals surface area contributed by atoms with E-state index in [2.05, 4.69) is 15.2 Å². The van der Waals surface area contributed by atoms with Crippen molar-refractivity contribution in [3.8, 4) is 0 Å². The van der Waals surface area contributed by atoms with Crippen LogP contribution in [0.25, 0.3) is 21.9 Å². The number of phosphoric acid groups is 1. The van der Waals surface area contributed by atoms with Crippen LogP contribution in [0, 0.1) is 0 Å². The number of furan rings is 1. The Balaban J connectivity index is 0.00000372. The van der Waals surface area contributed by atoms with Crippen LogP contribution in [0.2, 0.25) is 0 Å². The SMILES string of the molecule is CC(NC(=O)C(C)(Cc1cn(C(=O)OC(C)(OC(=O)c2ccccc2)OP(=O)(O)O)c2ccccc12)NC(=O)OCc1cc2ccccc2o1)c1ccccc1.[NaH].[NaH]. The molecule has 0 spiro atoms. The number of rotatable bonds is 13. The van der Waals surface area contributed by atoms with Crippen molar-refractivity contribution >= 4 is 113 Å². The van der Waals surface area contributed by atoms with E-state index in [-0.39, 0.29) is 83.2 Å². The minimum atomic E-state index is -5.41. The van der Waals surface area contributed by atoms with Crippen molar-refractivity contribution in [2.75, 3.05) is 0 Å². The molecule has 0 aliphatic heterocycles. The standard InChI is InChI=1S/C40H38N3O12P.2Na.2H/c1-26(27-14-6-4-7-15-27)41-36(45)39(2,42-37(46)51-25-31-22-29-18-10-13-21-34(29)52-31)23-30-24-43(33-20-12-11-19-32(30)33)38(47)54-40(3,55-56(48,49)50)53-35(44)28-16-8-5-9-17-28;;;;/h4-22,24,26H,23,25H2,1-3H3,(H,41,45)(H,42,46)(H2,48,49,50);;;;. The van der Waals surface area contributed by atoms with Gasteiger partial charge in [-0.15, -0.1) is 0 Å². The summed E-state index contributed by atoms with van der Waals surface area (Å²) in [6.45, 7) is 3.92. The number of nitrogens with one attached hydrogen (secondary N) is 2. The summed E-state index contributed by atoms with van der Waals surface area (Å²) in [5.74, 6) is -4.20. The molecule has 3 atom stereocenters. The third kappa shape index (κ3) is 11.7. The van der Waals surface area contributed by atoms with Gasteiger partial charge in [0.2, 0.25) is 5.91 Å². The van der Waals surface area contributed by atoms with Gasteiger partial charge in [0.1, 0.15) is 16.9 Å². The number of phosphoric ester groups is 1. The Morgan fingerprint density at radius 2 is 1.47 bits per heavy atom. The normalized spacial score (nSPS) is 13.7. The Kier molecular flexibility index (Phi) is 15.7. The molecule has 18 heteroatoms. The van der Waals surface area contributed by atoms with Crippen LogP contribution in [0.3, 0.4) is 0 Å². The molecule has 0 bridgehead atoms. The number of nitrogens with zero attached hydrogens (tertiary/aromatic N) is 1. The van der Waals surface area contributed by atoms with Crippen LogP contribution >= 0.6 is 7.82 Å². The van der Waals surface area contributed by atoms with E-state index >= 15 is 0 Å². The second-order valence-corrected chi connectivity index (χ2v) is 14.3. The molecular weight excluding hydrogens is 791 g/mol. The van der Waals surface area contributed by atoms with E-state index in [1.807, 2.05) is 48.5 Å². The molecule has 0 saturated heterocycles. The third-order valence-electron chi connectivity index (χ3n) is 8.73. The van der Waals surface area contributed by atoms with E-state index < -0.39 is 49.4 Å². The number of amides is 2. The fraction of sp³-hybridized carbons (Fsp3) is 0.200. The summed E-state index contributed by atoms with van der Waals surface area (Å²) in [6.07, 6.45) is -1.05. The molecule has 0 saturated carbocycles. The second-order valence-electron chi connectivity index (χ2n) is 13.2. The Morgan fingerprint density at radius 3 is 2.14 bits per heavy atom. The first-order chi connectivity index (χ1) is 26.6. The molecule has 0 aliphatic rings. The zero-order chi connectivity index (χ0) is 40.1. The van der Waals surface area contributed by atoms with Crippen LogP contribution in [0.5, 0.6) is 0 Å². The predicted octanol–water partition coefficient (Wildman–Crippen LogP) is 5.82. The molecule has 4 aromatic carbocycles. The van der Waals surface area contributed by atoms with Crippen molar-refractivity contribution in [3.63, 3.8) is 0 Å². The molecule has 294 valence electrons. The minimum absolute atomic E-state index is 0. The van der Waals surface area contributed by atoms with Gasteiger partial charge >= 0.3 is 91.1 Å². The zero-order valence-corrected chi connectivity index (χ0v) is 31.3. The first-order valence-electron chi connectivity index (χ1n) is 17.3. The Hall–Kier alpha value is -4.25. The van der Waals surface area contributed by atoms with Crippen LogP contribution in [0.1, 0.15) is 54.1 Å². The van der Waals surface area contributed by atoms with Crippen molar-refractivity contribution < 1.29 is 56.7 Å². The maximum absolute atomic E-state index is 14.2. The molecule has 15 nitrogen and oxygen atoms in total. The fourth-order valence-corrected chi connectivity index (χ4v) is 6.58. The van der Waals surface area contributed by atoms with Gasteiger partial charge in [-0.1, -0.05) is 84.9 Å². The number of hydrogen-bond donors (Lipinski definition) is 4. The molecule has 6 aromatic rings. The summed E-state index contributed by atoms with van der Waals surface area (Å²) in [7, 11) is -5.41. The maximum atomic E-state index is 14.2. The van der Waals surface area contributed by atoms with Gasteiger partial charge in [0.05, 0.1) is 17.1 Å². The van der Waals surface area contributed by atoms with Crippen molar-refractivity contribution in [2.45, 2.75) is 51.4 Å². The molecule has 0 radical (unpaired) electrons. The van der Waals surface area contributed by atoms with Gasteiger partial charge in [0, 0.05) is 30.3 Å². The van der Waals surface area contributed by atoms with Gasteiger partial charge in [-0.05, 0) is 55.3 Å². The fourth-order valence-electron chi connectivity index (χ4n) is 6.07. The van der Waals surface area contributed by atoms with Crippen LogP contribution in [0.15, 0.2) is 126 Å². The average Bonchev–Trinajstić information content (AvgIpc) is 3.75. The summed E-state index contributed by atoms with van der Waals surface area (Å²) < 4.78 is 39.4. The molecule has 2 amide bonds. The number of carbonyl (C=O) groups is 4. The molecule has 4 N–H and O–H groups in total. The number of aromatic nitrogens is 1. The Morgan fingerprint density at radius 1 is 0.845 bits per heavy atom. The quantitative estimate of drug-likeness (QED) is 0.0471. The topological polar surface area (TPSA) is 205 Å². The van der Waals surface area contributed by atoms with E-state index in [1.165, 1.54) is 37.4 Å². The monoisotopic (exact) mass is 831 g/mol. The first kappa shape index (κ1) is 46.4. The van der Waals surface area contributed by atoms with Crippen molar-refractivity contribution in [3.05, 3.63) is 144 Å². The molecule has 0 aliphatic carbocycles. The van der Waals surface area contributed by atoms with E-state index in [0.29, 0.717) is 22.3 Å². The Bertz CT molecular complexity index is 2410. The molecular formula is C40H40N3Na2O12P. The third-order valence-corrected chi connectivity index (χ3v) is 9.30. The number of fused-ring (bicyclic) bond motifs is 2. The molecule has 3 unspecified atom stereocenters. The number of esters is 1. The second kappa shape index (κ2) is 19.7. The number of alkyl carbamates (subject to hydrolysis) is 1. The summed E-state index contributed by atoms with van der Waals surface area (Å²) in [5, 5.41) is 6.93. The van der Waals surface area contributed by atoms with E-state index in [9.17, 15) is 33.5 Å². The van der Waals surface area contributed by atoms with Gasteiger partial charge in [0.15, 0.2) is 6.61 Å². The summed E-state index contributed by atoms with van der Waals surface area (Å²) in [4.78, 5) is 73.5. The van der Waals surface area contributed by atoms with Gasteiger partial charge in [-0.3, -0.25) is 9.36 Å². The van der Waals surface area contributed by atoms with Crippen molar-refractivity contribution in [2.24, 2.45) is 0 Å². The van der Waals surface area contributed by atoms with Crippen LogP contribution in [0.4, 0.5) is 9.59 Å². The molecule has 2 heterocycles. The Labute approximate surface area is 377 Å². The molecule has 6 rings (SSSR count). The van der Waals surface area contributed by atoms with Gasteiger partial charge in [-0.25, -0.2) is 23.5 Å². The summed E-state index contributed by atoms with van der Waals surface area (Å²) in [6, 6.07) is 31.7. The zero-order valence-electron chi connectivity index (χ0n) is 30.4. The van der Waals surface area contributed by atoms with Crippen molar-refractivity contribution in [1.82, 2.24) is 15.2 Å². The number of para-hydroxylation sites is 2. The van der Waals surface area contributed by atoms with Gasteiger partial charge < -0.3 is 39.0 Å². The van der Waals surface area contributed by atoms with E-state index in [1.54, 1.807) is 49.4 Å². The molecule has 58 heavy (non-hydrogen) atoms. The molecule has 2 aromatic heterocycles. The van der Waals surface area contributed by atoms with Crippen LogP contribution in [-0.4, -0.2) is 109 Å². The number of hydrogen-bond acceptors (Lipinski definition) is 10. The van der Waals surface area contributed by atoms with Gasteiger partial charge in [-0.2, -0.15) is 0 Å².